The fraction of sp³-hybridized carbons (Fsp3) is 0.600. The van der Waals surface area contributed by atoms with E-state index in [1.807, 2.05) is 0 Å². The van der Waals surface area contributed by atoms with Crippen molar-refractivity contribution in [3.05, 3.63) is 35.4 Å². The smallest absolute Gasteiger partial charge is 0.0786 e. The SMILES string of the molecule is CCc1ccc(C(C)(C)CNCC(O)CN)cc1. The lowest BCUT2D eigenvalue weighted by molar-refractivity contribution is 0.177. The van der Waals surface area contributed by atoms with Crippen molar-refractivity contribution in [2.24, 2.45) is 5.73 Å². The molecule has 4 N–H and O–H groups in total. The topological polar surface area (TPSA) is 58.3 Å². The van der Waals surface area contributed by atoms with E-state index in [1.54, 1.807) is 0 Å². The molecule has 0 aliphatic carbocycles. The lowest BCUT2D eigenvalue weighted by atomic mass is 9.84. The van der Waals surface area contributed by atoms with Gasteiger partial charge >= 0.3 is 0 Å². The molecule has 1 aromatic rings. The van der Waals surface area contributed by atoms with Gasteiger partial charge in [0.25, 0.3) is 0 Å². The van der Waals surface area contributed by atoms with Gasteiger partial charge in [0.2, 0.25) is 0 Å². The normalized spacial score (nSPS) is 13.6. The summed E-state index contributed by atoms with van der Waals surface area (Å²) < 4.78 is 0. The average Bonchev–Trinajstić information content (AvgIpc) is 2.38. The number of aliphatic hydroxyl groups is 1. The molecule has 0 fully saturated rings. The molecule has 0 aromatic heterocycles. The molecule has 0 bridgehead atoms. The number of aryl methyl sites for hydroxylation is 1. The third-order valence-electron chi connectivity index (χ3n) is 3.36. The van der Waals surface area contributed by atoms with Crippen molar-refractivity contribution in [2.75, 3.05) is 19.6 Å². The Morgan fingerprint density at radius 1 is 1.28 bits per heavy atom. The molecule has 3 heteroatoms. The van der Waals surface area contributed by atoms with E-state index in [1.165, 1.54) is 11.1 Å². The lowest BCUT2D eigenvalue weighted by Gasteiger charge is -2.26. The van der Waals surface area contributed by atoms with Crippen molar-refractivity contribution in [1.29, 1.82) is 0 Å². The monoisotopic (exact) mass is 250 g/mol. The van der Waals surface area contributed by atoms with Crippen molar-refractivity contribution in [3.8, 4) is 0 Å². The number of benzene rings is 1. The zero-order valence-electron chi connectivity index (χ0n) is 11.7. The zero-order valence-corrected chi connectivity index (χ0v) is 11.7. The van der Waals surface area contributed by atoms with Crippen molar-refractivity contribution in [1.82, 2.24) is 5.32 Å². The van der Waals surface area contributed by atoms with E-state index < -0.39 is 6.10 Å². The summed E-state index contributed by atoms with van der Waals surface area (Å²) in [5.74, 6) is 0. The lowest BCUT2D eigenvalue weighted by Crippen LogP contribution is -2.39. The Balaban J connectivity index is 2.56. The van der Waals surface area contributed by atoms with Crippen LogP contribution in [0.3, 0.4) is 0 Å². The summed E-state index contributed by atoms with van der Waals surface area (Å²) in [6, 6.07) is 8.76. The van der Waals surface area contributed by atoms with Gasteiger partial charge in [0.05, 0.1) is 6.10 Å². The molecular weight excluding hydrogens is 224 g/mol. The number of aliphatic hydroxyl groups excluding tert-OH is 1. The molecule has 1 unspecified atom stereocenters. The van der Waals surface area contributed by atoms with Gasteiger partial charge < -0.3 is 16.2 Å². The second kappa shape index (κ2) is 6.88. The van der Waals surface area contributed by atoms with E-state index in [4.69, 9.17) is 5.73 Å². The fourth-order valence-corrected chi connectivity index (χ4v) is 1.93. The van der Waals surface area contributed by atoms with E-state index >= 15 is 0 Å². The molecule has 0 amide bonds. The molecule has 3 nitrogen and oxygen atoms in total. The zero-order chi connectivity index (χ0) is 13.6. The molecule has 18 heavy (non-hydrogen) atoms. The first kappa shape index (κ1) is 15.2. The summed E-state index contributed by atoms with van der Waals surface area (Å²) in [6.07, 6.45) is 0.616. The van der Waals surface area contributed by atoms with Crippen LogP contribution in [0.4, 0.5) is 0 Å². The number of nitrogens with one attached hydrogen (secondary N) is 1. The number of hydrogen-bond acceptors (Lipinski definition) is 3. The summed E-state index contributed by atoms with van der Waals surface area (Å²) in [7, 11) is 0. The molecule has 0 aliphatic rings. The highest BCUT2D eigenvalue weighted by molar-refractivity contribution is 5.28. The van der Waals surface area contributed by atoms with Gasteiger partial charge in [-0.05, 0) is 17.5 Å². The van der Waals surface area contributed by atoms with E-state index in [0.717, 1.165) is 13.0 Å². The summed E-state index contributed by atoms with van der Waals surface area (Å²) in [5, 5.41) is 12.7. The highest BCUT2D eigenvalue weighted by Gasteiger charge is 2.20. The molecule has 0 radical (unpaired) electrons. The van der Waals surface area contributed by atoms with Gasteiger partial charge in [-0.2, -0.15) is 0 Å². The van der Waals surface area contributed by atoms with Gasteiger partial charge in [-0.15, -0.1) is 0 Å². The largest absolute Gasteiger partial charge is 0.390 e. The Hall–Kier alpha value is -0.900. The summed E-state index contributed by atoms with van der Waals surface area (Å²) in [5.41, 5.74) is 8.11. The van der Waals surface area contributed by atoms with E-state index in [0.29, 0.717) is 13.1 Å². The Morgan fingerprint density at radius 2 is 1.89 bits per heavy atom. The number of rotatable bonds is 7. The summed E-state index contributed by atoms with van der Waals surface area (Å²) in [4.78, 5) is 0. The fourth-order valence-electron chi connectivity index (χ4n) is 1.93. The maximum Gasteiger partial charge on any atom is 0.0786 e. The second-order valence-electron chi connectivity index (χ2n) is 5.45. The molecule has 1 aromatic carbocycles. The molecule has 0 saturated heterocycles. The van der Waals surface area contributed by atoms with Crippen LogP contribution < -0.4 is 11.1 Å². The van der Waals surface area contributed by atoms with E-state index in [2.05, 4.69) is 50.4 Å². The molecule has 0 spiro atoms. The van der Waals surface area contributed by atoms with Crippen LogP contribution in [-0.2, 0) is 11.8 Å². The van der Waals surface area contributed by atoms with Crippen molar-refractivity contribution in [3.63, 3.8) is 0 Å². The minimum atomic E-state index is -0.455. The quantitative estimate of drug-likeness (QED) is 0.686. The Labute approximate surface area is 110 Å². The van der Waals surface area contributed by atoms with Crippen LogP contribution >= 0.6 is 0 Å². The summed E-state index contributed by atoms with van der Waals surface area (Å²) in [6.45, 7) is 8.25. The van der Waals surface area contributed by atoms with Crippen LogP contribution in [0.1, 0.15) is 31.9 Å². The highest BCUT2D eigenvalue weighted by atomic mass is 16.3. The third kappa shape index (κ3) is 4.41. The predicted molar refractivity (Wildman–Crippen MR) is 76.8 cm³/mol. The van der Waals surface area contributed by atoms with Crippen LogP contribution in [0.5, 0.6) is 0 Å². The summed E-state index contributed by atoms with van der Waals surface area (Å²) >= 11 is 0. The highest BCUT2D eigenvalue weighted by Crippen LogP contribution is 2.22. The van der Waals surface area contributed by atoms with Crippen molar-refractivity contribution in [2.45, 2.75) is 38.7 Å². The number of hydrogen-bond donors (Lipinski definition) is 3. The van der Waals surface area contributed by atoms with Gasteiger partial charge in [0.1, 0.15) is 0 Å². The first-order chi connectivity index (χ1) is 8.49. The molecule has 0 aliphatic heterocycles. The standard InChI is InChI=1S/C15H26N2O/c1-4-12-5-7-13(8-6-12)15(2,3)11-17-10-14(18)9-16/h5-8,14,17-18H,4,9-11,16H2,1-3H3. The van der Waals surface area contributed by atoms with Gasteiger partial charge in [-0.3, -0.25) is 0 Å². The van der Waals surface area contributed by atoms with Gasteiger partial charge in [-0.25, -0.2) is 0 Å². The third-order valence-corrected chi connectivity index (χ3v) is 3.36. The van der Waals surface area contributed by atoms with Gasteiger partial charge in [0, 0.05) is 25.0 Å². The Kier molecular flexibility index (Phi) is 5.79. The first-order valence-corrected chi connectivity index (χ1v) is 6.68. The Bertz CT molecular complexity index is 346. The average molecular weight is 250 g/mol. The second-order valence-corrected chi connectivity index (χ2v) is 5.45. The van der Waals surface area contributed by atoms with E-state index in [-0.39, 0.29) is 5.41 Å². The minimum Gasteiger partial charge on any atom is -0.390 e. The maximum absolute atomic E-state index is 9.41. The van der Waals surface area contributed by atoms with Crippen LogP contribution in [0.25, 0.3) is 0 Å². The number of nitrogens with two attached hydrogens (primary N) is 1. The first-order valence-electron chi connectivity index (χ1n) is 6.68. The predicted octanol–water partition coefficient (Wildman–Crippen LogP) is 1.44. The van der Waals surface area contributed by atoms with Crippen LogP contribution in [0.15, 0.2) is 24.3 Å². The molecule has 1 rings (SSSR count). The maximum atomic E-state index is 9.41. The van der Waals surface area contributed by atoms with Gasteiger partial charge in [0.15, 0.2) is 0 Å². The molecule has 0 saturated carbocycles. The van der Waals surface area contributed by atoms with Crippen molar-refractivity contribution < 1.29 is 5.11 Å². The van der Waals surface area contributed by atoms with Crippen LogP contribution in [0, 0.1) is 0 Å². The molecule has 1 atom stereocenters. The Morgan fingerprint density at radius 3 is 2.39 bits per heavy atom. The van der Waals surface area contributed by atoms with Crippen LogP contribution in [-0.4, -0.2) is 30.8 Å². The van der Waals surface area contributed by atoms with Crippen LogP contribution in [0.2, 0.25) is 0 Å². The molecule has 102 valence electrons. The van der Waals surface area contributed by atoms with Crippen molar-refractivity contribution >= 4 is 0 Å². The van der Waals surface area contributed by atoms with E-state index in [9.17, 15) is 5.11 Å². The minimum absolute atomic E-state index is 0.0561. The molecular formula is C15H26N2O. The molecule has 0 heterocycles. The van der Waals surface area contributed by atoms with Gasteiger partial charge in [-0.1, -0.05) is 45.0 Å².